The summed E-state index contributed by atoms with van der Waals surface area (Å²) in [5, 5.41) is -0.677. The lowest BCUT2D eigenvalue weighted by Crippen LogP contribution is -2.38. The molecule has 2 rings (SSSR count). The van der Waals surface area contributed by atoms with Crippen LogP contribution in [0.1, 0.15) is 0 Å². The zero-order valence-corrected chi connectivity index (χ0v) is 12.9. The predicted molar refractivity (Wildman–Crippen MR) is 75.7 cm³/mol. The van der Waals surface area contributed by atoms with E-state index in [1.165, 1.54) is 0 Å². The van der Waals surface area contributed by atoms with E-state index in [1.54, 1.807) is 0 Å². The zero-order valence-electron chi connectivity index (χ0n) is 12.2. The van der Waals surface area contributed by atoms with E-state index in [-0.39, 0.29) is 30.3 Å². The molecular formula is C14H12ClF2NO5. The molecule has 23 heavy (non-hydrogen) atoms. The number of rotatable bonds is 3. The van der Waals surface area contributed by atoms with Crippen molar-refractivity contribution in [1.29, 1.82) is 0 Å². The minimum absolute atomic E-state index is 0.0640. The molecule has 1 aromatic rings. The highest BCUT2D eigenvalue weighted by Gasteiger charge is 2.33. The number of benzene rings is 1. The third kappa shape index (κ3) is 3.27. The molecule has 1 heterocycles. The van der Waals surface area contributed by atoms with Gasteiger partial charge in [-0.3, -0.25) is 0 Å². The highest BCUT2D eigenvalue weighted by atomic mass is 35.5. The first kappa shape index (κ1) is 17.2. The third-order valence-corrected chi connectivity index (χ3v) is 3.47. The van der Waals surface area contributed by atoms with E-state index in [9.17, 15) is 18.4 Å². The number of methoxy groups -OCH3 is 2. The number of hydrogen-bond donors (Lipinski definition) is 0. The second-order valence-corrected chi connectivity index (χ2v) is 4.82. The van der Waals surface area contributed by atoms with Crippen molar-refractivity contribution in [2.75, 3.05) is 32.5 Å². The second kappa shape index (κ2) is 6.93. The summed E-state index contributed by atoms with van der Waals surface area (Å²) < 4.78 is 41.7. The van der Waals surface area contributed by atoms with Gasteiger partial charge in [-0.1, -0.05) is 11.6 Å². The van der Waals surface area contributed by atoms with Gasteiger partial charge in [0.05, 0.1) is 26.4 Å². The van der Waals surface area contributed by atoms with Crippen molar-refractivity contribution in [3.63, 3.8) is 0 Å². The lowest BCUT2D eigenvalue weighted by atomic mass is 10.1. The predicted octanol–water partition coefficient (Wildman–Crippen LogP) is 2.01. The molecule has 0 N–H and O–H groups in total. The number of esters is 2. The Kier molecular flexibility index (Phi) is 5.17. The van der Waals surface area contributed by atoms with Crippen LogP contribution < -0.4 is 4.90 Å². The minimum atomic E-state index is -1.02. The molecule has 0 fully saturated rings. The molecular weight excluding hydrogens is 336 g/mol. The lowest BCUT2D eigenvalue weighted by Gasteiger charge is -2.31. The number of carbonyl (C=O) groups excluding carboxylic acids is 2. The SMILES string of the molecule is COC(=O)C1=C(C(=O)OC)N(c2cc(F)c(Cl)c(F)c2)COC1. The molecule has 124 valence electrons. The standard InChI is InChI=1S/C14H12ClF2NO5/c1-21-13(19)8-5-23-6-18(12(8)14(20)22-2)7-3-9(16)11(15)10(17)4-7/h3-4H,5-6H2,1-2H3. The highest BCUT2D eigenvalue weighted by molar-refractivity contribution is 6.31. The van der Waals surface area contributed by atoms with Gasteiger partial charge in [-0.25, -0.2) is 18.4 Å². The Hall–Kier alpha value is -2.19. The monoisotopic (exact) mass is 347 g/mol. The third-order valence-electron chi connectivity index (χ3n) is 3.11. The van der Waals surface area contributed by atoms with Gasteiger partial charge in [0.25, 0.3) is 0 Å². The quantitative estimate of drug-likeness (QED) is 0.615. The first-order valence-electron chi connectivity index (χ1n) is 6.30. The van der Waals surface area contributed by atoms with Crippen molar-refractivity contribution in [3.8, 4) is 0 Å². The fourth-order valence-electron chi connectivity index (χ4n) is 2.05. The van der Waals surface area contributed by atoms with Crippen LogP contribution in [0.15, 0.2) is 23.4 Å². The topological polar surface area (TPSA) is 65.1 Å². The Labute approximate surface area is 135 Å². The number of ether oxygens (including phenoxy) is 3. The molecule has 0 aliphatic carbocycles. The minimum Gasteiger partial charge on any atom is -0.466 e. The van der Waals surface area contributed by atoms with Crippen LogP contribution in [0, 0.1) is 11.6 Å². The van der Waals surface area contributed by atoms with Crippen molar-refractivity contribution >= 4 is 29.2 Å². The van der Waals surface area contributed by atoms with Gasteiger partial charge in [0, 0.05) is 5.69 Å². The van der Waals surface area contributed by atoms with Crippen molar-refractivity contribution in [3.05, 3.63) is 40.1 Å². The second-order valence-electron chi connectivity index (χ2n) is 4.44. The number of anilines is 1. The summed E-state index contributed by atoms with van der Waals surface area (Å²) in [6, 6.07) is 1.83. The Morgan fingerprint density at radius 3 is 2.26 bits per heavy atom. The van der Waals surface area contributed by atoms with Gasteiger partial charge in [0.1, 0.15) is 29.1 Å². The van der Waals surface area contributed by atoms with Gasteiger partial charge in [0.2, 0.25) is 0 Å². The molecule has 6 nitrogen and oxygen atoms in total. The molecule has 1 aliphatic heterocycles. The van der Waals surface area contributed by atoms with E-state index in [1.807, 2.05) is 0 Å². The average Bonchev–Trinajstić information content (AvgIpc) is 2.57. The number of nitrogens with zero attached hydrogens (tertiary/aromatic N) is 1. The normalized spacial score (nSPS) is 14.7. The van der Waals surface area contributed by atoms with Crippen molar-refractivity contribution < 1.29 is 32.6 Å². The van der Waals surface area contributed by atoms with Gasteiger partial charge in [-0.05, 0) is 12.1 Å². The van der Waals surface area contributed by atoms with E-state index in [4.69, 9.17) is 16.3 Å². The van der Waals surface area contributed by atoms with E-state index in [0.717, 1.165) is 31.3 Å². The van der Waals surface area contributed by atoms with Crippen molar-refractivity contribution in [2.24, 2.45) is 0 Å². The maximum Gasteiger partial charge on any atom is 0.355 e. The molecule has 1 aliphatic rings. The number of halogens is 3. The Bertz CT molecular complexity index is 669. The largest absolute Gasteiger partial charge is 0.466 e. The van der Waals surface area contributed by atoms with Crippen LogP contribution in [0.3, 0.4) is 0 Å². The maximum atomic E-state index is 13.7. The first-order chi connectivity index (χ1) is 10.9. The molecule has 0 saturated carbocycles. The van der Waals surface area contributed by atoms with Crippen LogP contribution in [0.2, 0.25) is 5.02 Å². The Balaban J connectivity index is 2.59. The fourth-order valence-corrected chi connectivity index (χ4v) is 2.15. The molecule has 0 amide bonds. The zero-order chi connectivity index (χ0) is 17.1. The molecule has 1 aromatic carbocycles. The lowest BCUT2D eigenvalue weighted by molar-refractivity contribution is -0.140. The summed E-state index contributed by atoms with van der Waals surface area (Å²) in [5.74, 6) is -3.72. The van der Waals surface area contributed by atoms with E-state index >= 15 is 0 Å². The van der Waals surface area contributed by atoms with Gasteiger partial charge >= 0.3 is 11.9 Å². The van der Waals surface area contributed by atoms with Crippen molar-refractivity contribution in [2.45, 2.75) is 0 Å². The summed E-state index contributed by atoms with van der Waals surface area (Å²) in [6.45, 7) is -0.419. The van der Waals surface area contributed by atoms with E-state index in [2.05, 4.69) is 9.47 Å². The summed E-state index contributed by atoms with van der Waals surface area (Å²) in [7, 11) is 2.24. The van der Waals surface area contributed by atoms with Gasteiger partial charge in [-0.2, -0.15) is 0 Å². The van der Waals surface area contributed by atoms with Crippen LogP contribution in [-0.2, 0) is 23.8 Å². The smallest absolute Gasteiger partial charge is 0.355 e. The average molecular weight is 348 g/mol. The summed E-state index contributed by atoms with van der Waals surface area (Å²) in [6.07, 6.45) is 0. The molecule has 0 saturated heterocycles. The van der Waals surface area contributed by atoms with Crippen LogP contribution in [0.25, 0.3) is 0 Å². The van der Waals surface area contributed by atoms with Crippen LogP contribution in [0.4, 0.5) is 14.5 Å². The molecule has 0 unspecified atom stereocenters. The molecule has 0 bridgehead atoms. The number of hydrogen-bond acceptors (Lipinski definition) is 6. The van der Waals surface area contributed by atoms with Gasteiger partial charge in [-0.15, -0.1) is 0 Å². The maximum absolute atomic E-state index is 13.7. The van der Waals surface area contributed by atoms with Gasteiger partial charge < -0.3 is 19.1 Å². The first-order valence-corrected chi connectivity index (χ1v) is 6.68. The molecule has 0 aromatic heterocycles. The fraction of sp³-hybridized carbons (Fsp3) is 0.286. The summed E-state index contributed by atoms with van der Waals surface area (Å²) in [5.41, 5.74) is -0.404. The van der Waals surface area contributed by atoms with Gasteiger partial charge in [0.15, 0.2) is 0 Å². The highest BCUT2D eigenvalue weighted by Crippen LogP contribution is 2.30. The van der Waals surface area contributed by atoms with E-state index < -0.39 is 28.6 Å². The summed E-state index contributed by atoms with van der Waals surface area (Å²) >= 11 is 5.44. The Morgan fingerprint density at radius 2 is 1.74 bits per heavy atom. The number of carbonyl (C=O) groups is 2. The molecule has 0 atom stereocenters. The van der Waals surface area contributed by atoms with E-state index in [0.29, 0.717) is 0 Å². The molecule has 0 spiro atoms. The molecule has 9 heteroatoms. The van der Waals surface area contributed by atoms with Crippen molar-refractivity contribution in [1.82, 2.24) is 0 Å². The van der Waals surface area contributed by atoms with Crippen LogP contribution in [0.5, 0.6) is 0 Å². The Morgan fingerprint density at radius 1 is 1.17 bits per heavy atom. The van der Waals surface area contributed by atoms with Crippen LogP contribution in [-0.4, -0.2) is 39.5 Å². The van der Waals surface area contributed by atoms with Crippen LogP contribution >= 0.6 is 11.6 Å². The summed E-state index contributed by atoms with van der Waals surface area (Å²) in [4.78, 5) is 24.9. The molecule has 0 radical (unpaired) electrons.